The van der Waals surface area contributed by atoms with Crippen molar-refractivity contribution in [2.75, 3.05) is 0 Å². The lowest BCUT2D eigenvalue weighted by Gasteiger charge is -2.21. The standard InChI is InChI=1S/C28H19IN2O3/c29-22-14-10-19(11-15-22)18-30-25-9-5-4-8-24(25)28(32)26(27(30)21-6-2-1-3-7-21)20-12-16-23(17-13-20)31(33)34/h1-17H,18H2. The third-order valence-corrected chi connectivity index (χ3v) is 6.56. The molecule has 1 heterocycles. The van der Waals surface area contributed by atoms with Crippen molar-refractivity contribution in [1.29, 1.82) is 0 Å². The molecule has 0 saturated heterocycles. The van der Waals surface area contributed by atoms with Gasteiger partial charge < -0.3 is 4.57 Å². The molecule has 0 amide bonds. The Morgan fingerprint density at radius 3 is 2.09 bits per heavy atom. The quantitative estimate of drug-likeness (QED) is 0.134. The van der Waals surface area contributed by atoms with Crippen LogP contribution in [0, 0.1) is 13.7 Å². The maximum absolute atomic E-state index is 13.8. The number of pyridine rings is 1. The Labute approximate surface area is 209 Å². The minimum Gasteiger partial charge on any atom is -0.335 e. The number of nitro benzene ring substituents is 1. The van der Waals surface area contributed by atoms with E-state index >= 15 is 0 Å². The topological polar surface area (TPSA) is 65.1 Å². The van der Waals surface area contributed by atoms with Crippen molar-refractivity contribution in [3.8, 4) is 22.4 Å². The van der Waals surface area contributed by atoms with Crippen molar-refractivity contribution in [3.63, 3.8) is 0 Å². The highest BCUT2D eigenvalue weighted by Crippen LogP contribution is 2.34. The van der Waals surface area contributed by atoms with Crippen LogP contribution in [0.1, 0.15) is 5.56 Å². The number of aromatic nitrogens is 1. The molecule has 0 bridgehead atoms. The van der Waals surface area contributed by atoms with E-state index in [9.17, 15) is 14.9 Å². The van der Waals surface area contributed by atoms with Gasteiger partial charge in [0.1, 0.15) is 0 Å². The minimum atomic E-state index is -0.433. The van der Waals surface area contributed by atoms with Gasteiger partial charge in [-0.2, -0.15) is 0 Å². The van der Waals surface area contributed by atoms with Crippen molar-refractivity contribution in [3.05, 3.63) is 133 Å². The molecule has 5 nitrogen and oxygen atoms in total. The summed E-state index contributed by atoms with van der Waals surface area (Å²) in [6.07, 6.45) is 0. The Balaban J connectivity index is 1.86. The predicted molar refractivity (Wildman–Crippen MR) is 144 cm³/mol. The van der Waals surface area contributed by atoms with Gasteiger partial charge in [-0.05, 0) is 75.7 Å². The summed E-state index contributed by atoms with van der Waals surface area (Å²) in [6.45, 7) is 0.571. The van der Waals surface area contributed by atoms with Gasteiger partial charge in [0.2, 0.25) is 0 Å². The molecule has 166 valence electrons. The fourth-order valence-corrected chi connectivity index (χ4v) is 4.61. The molecule has 0 aliphatic heterocycles. The predicted octanol–water partition coefficient (Wildman–Crippen LogP) is 6.90. The molecule has 0 radical (unpaired) electrons. The largest absolute Gasteiger partial charge is 0.335 e. The number of hydrogen-bond acceptors (Lipinski definition) is 3. The zero-order valence-electron chi connectivity index (χ0n) is 18.0. The second kappa shape index (κ2) is 9.23. The molecule has 5 rings (SSSR count). The van der Waals surface area contributed by atoms with Gasteiger partial charge in [0.25, 0.3) is 5.69 Å². The van der Waals surface area contributed by atoms with Crippen molar-refractivity contribution in [2.24, 2.45) is 0 Å². The lowest BCUT2D eigenvalue weighted by molar-refractivity contribution is -0.384. The summed E-state index contributed by atoms with van der Waals surface area (Å²) < 4.78 is 3.33. The molecule has 0 unspecified atom stereocenters. The Morgan fingerprint density at radius 1 is 0.765 bits per heavy atom. The Bertz CT molecular complexity index is 1560. The highest BCUT2D eigenvalue weighted by atomic mass is 127. The van der Waals surface area contributed by atoms with Crippen molar-refractivity contribution < 1.29 is 4.92 Å². The number of fused-ring (bicyclic) bond motifs is 1. The Morgan fingerprint density at radius 2 is 1.41 bits per heavy atom. The molecule has 0 saturated carbocycles. The summed E-state index contributed by atoms with van der Waals surface area (Å²) in [5.74, 6) is 0. The van der Waals surface area contributed by atoms with Gasteiger partial charge >= 0.3 is 0 Å². The van der Waals surface area contributed by atoms with Gasteiger partial charge in [0.15, 0.2) is 5.43 Å². The first-order valence-electron chi connectivity index (χ1n) is 10.7. The van der Waals surface area contributed by atoms with E-state index in [0.717, 1.165) is 25.9 Å². The summed E-state index contributed by atoms with van der Waals surface area (Å²) in [4.78, 5) is 24.6. The summed E-state index contributed by atoms with van der Waals surface area (Å²) in [5.41, 5.74) is 4.73. The Hall–Kier alpha value is -3.78. The number of halogens is 1. The molecule has 0 aliphatic rings. The molecule has 34 heavy (non-hydrogen) atoms. The Kier molecular flexibility index (Phi) is 5.98. The van der Waals surface area contributed by atoms with Crippen LogP contribution in [-0.2, 0) is 6.54 Å². The maximum Gasteiger partial charge on any atom is 0.269 e. The van der Waals surface area contributed by atoms with Gasteiger partial charge in [-0.15, -0.1) is 0 Å². The van der Waals surface area contributed by atoms with E-state index in [1.165, 1.54) is 12.1 Å². The van der Waals surface area contributed by atoms with Crippen LogP contribution in [0.2, 0.25) is 0 Å². The molecule has 0 aliphatic carbocycles. The highest BCUT2D eigenvalue weighted by Gasteiger charge is 2.20. The van der Waals surface area contributed by atoms with E-state index in [0.29, 0.717) is 23.1 Å². The van der Waals surface area contributed by atoms with Crippen molar-refractivity contribution in [1.82, 2.24) is 4.57 Å². The van der Waals surface area contributed by atoms with Crippen LogP contribution < -0.4 is 5.43 Å². The van der Waals surface area contributed by atoms with Gasteiger partial charge in [0.05, 0.1) is 21.7 Å². The average molecular weight is 558 g/mol. The third kappa shape index (κ3) is 4.12. The zero-order chi connectivity index (χ0) is 23.7. The summed E-state index contributed by atoms with van der Waals surface area (Å²) >= 11 is 2.29. The van der Waals surface area contributed by atoms with Crippen molar-refractivity contribution >= 4 is 39.2 Å². The smallest absolute Gasteiger partial charge is 0.269 e. The molecule has 1 aromatic heterocycles. The molecule has 0 fully saturated rings. The van der Waals surface area contributed by atoms with Gasteiger partial charge in [0, 0.05) is 27.6 Å². The van der Waals surface area contributed by atoms with Crippen LogP contribution in [0.5, 0.6) is 0 Å². The molecular formula is C28H19IN2O3. The van der Waals surface area contributed by atoms with Gasteiger partial charge in [-0.3, -0.25) is 14.9 Å². The monoisotopic (exact) mass is 558 g/mol. The molecule has 0 N–H and O–H groups in total. The fraction of sp³-hybridized carbons (Fsp3) is 0.0357. The first kappa shape index (κ1) is 22.0. The van der Waals surface area contributed by atoms with Gasteiger partial charge in [-0.25, -0.2) is 0 Å². The summed E-state index contributed by atoms with van der Waals surface area (Å²) in [5, 5.41) is 11.8. The lowest BCUT2D eigenvalue weighted by atomic mass is 9.95. The van der Waals surface area contributed by atoms with Crippen LogP contribution in [0.25, 0.3) is 33.3 Å². The van der Waals surface area contributed by atoms with Crippen LogP contribution in [-0.4, -0.2) is 9.49 Å². The second-order valence-electron chi connectivity index (χ2n) is 7.95. The number of rotatable bonds is 5. The molecule has 0 atom stereocenters. The first-order chi connectivity index (χ1) is 16.5. The number of para-hydroxylation sites is 1. The third-order valence-electron chi connectivity index (χ3n) is 5.84. The van der Waals surface area contributed by atoms with E-state index in [2.05, 4.69) is 51.4 Å². The van der Waals surface area contributed by atoms with Gasteiger partial charge in [-0.1, -0.05) is 54.6 Å². The van der Waals surface area contributed by atoms with E-state index in [-0.39, 0.29) is 11.1 Å². The van der Waals surface area contributed by atoms with E-state index in [1.54, 1.807) is 12.1 Å². The number of benzene rings is 4. The first-order valence-corrected chi connectivity index (χ1v) is 11.8. The normalized spacial score (nSPS) is 11.0. The molecule has 6 heteroatoms. The van der Waals surface area contributed by atoms with Crippen molar-refractivity contribution in [2.45, 2.75) is 6.54 Å². The summed E-state index contributed by atoms with van der Waals surface area (Å²) in [6, 6.07) is 32.0. The number of hydrogen-bond donors (Lipinski definition) is 0. The maximum atomic E-state index is 13.8. The highest BCUT2D eigenvalue weighted by molar-refractivity contribution is 14.1. The van der Waals surface area contributed by atoms with Crippen LogP contribution in [0.15, 0.2) is 108 Å². The number of nitro groups is 1. The van der Waals surface area contributed by atoms with Crippen LogP contribution in [0.4, 0.5) is 5.69 Å². The molecule has 5 aromatic rings. The molecule has 4 aromatic carbocycles. The number of nitrogens with zero attached hydrogens (tertiary/aromatic N) is 2. The zero-order valence-corrected chi connectivity index (χ0v) is 20.2. The average Bonchev–Trinajstić information content (AvgIpc) is 2.87. The van der Waals surface area contributed by atoms with Crippen LogP contribution in [0.3, 0.4) is 0 Å². The minimum absolute atomic E-state index is 0.00925. The van der Waals surface area contributed by atoms with E-state index in [4.69, 9.17) is 0 Å². The SMILES string of the molecule is O=c1c(-c2ccc([N+](=O)[O-])cc2)c(-c2ccccc2)n(Cc2ccc(I)cc2)c2ccccc12. The van der Waals surface area contributed by atoms with Crippen LogP contribution >= 0.6 is 22.6 Å². The number of non-ortho nitro benzene ring substituents is 1. The lowest BCUT2D eigenvalue weighted by Crippen LogP contribution is -2.16. The van der Waals surface area contributed by atoms with E-state index < -0.39 is 4.92 Å². The fourth-order valence-electron chi connectivity index (χ4n) is 4.25. The van der Waals surface area contributed by atoms with E-state index in [1.807, 2.05) is 54.6 Å². The molecule has 0 spiro atoms. The second-order valence-corrected chi connectivity index (χ2v) is 9.20. The molecular weight excluding hydrogens is 539 g/mol. The summed E-state index contributed by atoms with van der Waals surface area (Å²) in [7, 11) is 0.